The number of aryl methyl sites for hydroxylation is 1. The zero-order chi connectivity index (χ0) is 31.3. The smallest absolute Gasteiger partial charge is 0.406 e. The molecule has 244 valence electrons. The van der Waals surface area contributed by atoms with Gasteiger partial charge in [0.15, 0.2) is 0 Å². The Balaban J connectivity index is 1.09. The van der Waals surface area contributed by atoms with Crippen molar-refractivity contribution in [3.8, 4) is 6.01 Å². The molecule has 8 rings (SSSR count). The maximum Gasteiger partial charge on any atom is 0.406 e. The number of hydrogen-bond acceptors (Lipinski definition) is 9. The fourth-order valence-electron chi connectivity index (χ4n) is 9.08. The molecule has 10 nitrogen and oxygen atoms in total. The molecule has 0 saturated carbocycles. The molecule has 0 radical (unpaired) electrons. The van der Waals surface area contributed by atoms with Gasteiger partial charge in [-0.15, -0.1) is 0 Å². The Hall–Kier alpha value is -3.63. The van der Waals surface area contributed by atoms with Gasteiger partial charge in [0.05, 0.1) is 17.8 Å². The Kier molecular flexibility index (Phi) is 7.88. The van der Waals surface area contributed by atoms with Gasteiger partial charge >= 0.3 is 12.1 Å². The largest absolute Gasteiger partial charge is 0.461 e. The third-order valence-electron chi connectivity index (χ3n) is 11.3. The molecule has 2 N–H and O–H groups in total. The monoisotopic (exact) mass is 625 g/mol. The molecule has 4 atom stereocenters. The van der Waals surface area contributed by atoms with E-state index in [0.29, 0.717) is 31.3 Å². The van der Waals surface area contributed by atoms with E-state index in [9.17, 15) is 4.79 Å². The van der Waals surface area contributed by atoms with Crippen LogP contribution in [0.4, 0.5) is 16.3 Å². The minimum atomic E-state index is -0.368. The zero-order valence-electron chi connectivity index (χ0n) is 27.3. The van der Waals surface area contributed by atoms with Crippen LogP contribution in [0.25, 0.3) is 10.8 Å². The molecule has 3 aromatic rings. The summed E-state index contributed by atoms with van der Waals surface area (Å²) in [4.78, 5) is 29.7. The predicted molar refractivity (Wildman–Crippen MR) is 180 cm³/mol. The van der Waals surface area contributed by atoms with Gasteiger partial charge in [-0.05, 0) is 74.9 Å². The van der Waals surface area contributed by atoms with Gasteiger partial charge < -0.3 is 29.9 Å². The van der Waals surface area contributed by atoms with Gasteiger partial charge in [0.2, 0.25) is 0 Å². The third kappa shape index (κ3) is 5.33. The Morgan fingerprint density at radius 1 is 1.04 bits per heavy atom. The van der Waals surface area contributed by atoms with E-state index >= 15 is 0 Å². The van der Waals surface area contributed by atoms with Crippen LogP contribution in [0.1, 0.15) is 62.3 Å². The van der Waals surface area contributed by atoms with E-state index in [0.717, 1.165) is 82.8 Å². The molecule has 5 aliphatic heterocycles. The lowest BCUT2D eigenvalue weighted by Crippen LogP contribution is -2.52. The molecule has 1 aromatic heterocycles. The van der Waals surface area contributed by atoms with Crippen LogP contribution in [0, 0.1) is 0 Å². The average molecular weight is 626 g/mol. The van der Waals surface area contributed by atoms with E-state index in [4.69, 9.17) is 19.4 Å². The summed E-state index contributed by atoms with van der Waals surface area (Å²) in [5.41, 5.74) is 5.00. The van der Waals surface area contributed by atoms with Crippen LogP contribution in [0.5, 0.6) is 6.01 Å². The lowest BCUT2D eigenvalue weighted by molar-refractivity contribution is 0.0554. The number of ether oxygens (including phenoxy) is 2. The molecule has 5 aliphatic rings. The van der Waals surface area contributed by atoms with Crippen LogP contribution >= 0.6 is 0 Å². The minimum absolute atomic E-state index is 0.0597. The zero-order valence-corrected chi connectivity index (χ0v) is 27.3. The van der Waals surface area contributed by atoms with Gasteiger partial charge in [-0.2, -0.15) is 9.97 Å². The van der Waals surface area contributed by atoms with E-state index in [2.05, 4.69) is 68.7 Å². The highest BCUT2D eigenvalue weighted by molar-refractivity contribution is 5.97. The third-order valence-corrected chi connectivity index (χ3v) is 11.3. The number of fused-ring (bicyclic) bond motifs is 5. The van der Waals surface area contributed by atoms with Crippen LogP contribution < -0.4 is 25.2 Å². The summed E-state index contributed by atoms with van der Waals surface area (Å²) < 4.78 is 12.1. The number of carbonyl (C=O) groups excluding carboxylic acids is 1. The molecule has 10 heteroatoms. The summed E-state index contributed by atoms with van der Waals surface area (Å²) in [5, 5.41) is 9.01. The normalized spacial score (nSPS) is 27.1. The quantitative estimate of drug-likeness (QED) is 0.377. The molecule has 4 saturated heterocycles. The van der Waals surface area contributed by atoms with E-state index in [1.54, 1.807) is 7.05 Å². The molecule has 46 heavy (non-hydrogen) atoms. The van der Waals surface area contributed by atoms with Crippen LogP contribution in [0.2, 0.25) is 0 Å². The van der Waals surface area contributed by atoms with Crippen molar-refractivity contribution in [2.75, 3.05) is 56.2 Å². The average Bonchev–Trinajstić information content (AvgIpc) is 3.77. The first-order valence-electron chi connectivity index (χ1n) is 17.4. The second-order valence-electron chi connectivity index (χ2n) is 14.0. The first-order chi connectivity index (χ1) is 22.5. The second kappa shape index (κ2) is 12.2. The number of nitrogens with zero attached hydrogens (tertiary/aromatic N) is 5. The van der Waals surface area contributed by atoms with E-state index in [-0.39, 0.29) is 17.7 Å². The number of benzene rings is 2. The summed E-state index contributed by atoms with van der Waals surface area (Å²) in [6, 6.07) is 15.1. The van der Waals surface area contributed by atoms with Gasteiger partial charge in [0, 0.05) is 61.4 Å². The van der Waals surface area contributed by atoms with Gasteiger partial charge in [-0.25, -0.2) is 4.79 Å². The number of aromatic nitrogens is 2. The predicted octanol–water partition coefficient (Wildman–Crippen LogP) is 4.43. The van der Waals surface area contributed by atoms with Gasteiger partial charge in [0.1, 0.15) is 19.0 Å². The highest BCUT2D eigenvalue weighted by Gasteiger charge is 2.50. The molecular formula is C36H47N7O3. The SMILES string of the molecule is CCc1cccc2cccc(N3CCc4c(nc(OCC56CCCN5C(COC(=O)NC)CC6)nc4N4CC5CCC(C4)N5)C3)c12. The Morgan fingerprint density at radius 2 is 1.87 bits per heavy atom. The Bertz CT molecular complexity index is 1600. The Morgan fingerprint density at radius 3 is 2.67 bits per heavy atom. The second-order valence-corrected chi connectivity index (χ2v) is 14.0. The number of carbonyl (C=O) groups is 1. The fraction of sp³-hybridized carbons (Fsp3) is 0.583. The lowest BCUT2D eigenvalue weighted by Gasteiger charge is -2.38. The molecule has 4 fully saturated rings. The maximum atomic E-state index is 11.8. The summed E-state index contributed by atoms with van der Waals surface area (Å²) >= 11 is 0. The van der Waals surface area contributed by atoms with Crippen molar-refractivity contribution in [3.05, 3.63) is 53.2 Å². The van der Waals surface area contributed by atoms with Gasteiger partial charge in [0.25, 0.3) is 0 Å². The van der Waals surface area contributed by atoms with Crippen molar-refractivity contribution in [1.82, 2.24) is 25.5 Å². The van der Waals surface area contributed by atoms with E-state index in [1.807, 2.05) is 0 Å². The number of amides is 1. The van der Waals surface area contributed by atoms with Crippen molar-refractivity contribution in [2.45, 2.75) is 88.5 Å². The highest BCUT2D eigenvalue weighted by atomic mass is 16.5. The van der Waals surface area contributed by atoms with Gasteiger partial charge in [-0.3, -0.25) is 4.90 Å². The molecule has 0 aliphatic carbocycles. The molecule has 1 amide bonds. The maximum absolute atomic E-state index is 11.8. The van der Waals surface area contributed by atoms with Gasteiger partial charge in [-0.1, -0.05) is 37.3 Å². The summed E-state index contributed by atoms with van der Waals surface area (Å²) in [6.45, 7) is 7.87. The standard InChI is InChI=1S/C36H47N7O3/c1-3-24-7-4-8-25-9-5-10-31(32(24)25)41-18-14-29-30(21-41)39-34(40-33(29)42-19-26-11-12-27(20-42)38-26)46-23-36-15-6-17-43(36)28(13-16-36)22-45-35(44)37-2/h4-5,7-10,26-28,38H,3,6,11-23H2,1-2H3,(H,37,44). The number of rotatable bonds is 8. The summed E-state index contributed by atoms with van der Waals surface area (Å²) in [5.74, 6) is 1.08. The molecule has 0 spiro atoms. The topological polar surface area (TPSA) is 95.1 Å². The molecule has 2 bridgehead atoms. The van der Waals surface area contributed by atoms with Crippen molar-refractivity contribution >= 4 is 28.4 Å². The number of anilines is 2. The van der Waals surface area contributed by atoms with Crippen LogP contribution in [0.15, 0.2) is 36.4 Å². The number of hydrogen-bond donors (Lipinski definition) is 2. The molecule has 4 unspecified atom stereocenters. The van der Waals surface area contributed by atoms with E-state index in [1.165, 1.54) is 40.4 Å². The molecule has 2 aromatic carbocycles. The van der Waals surface area contributed by atoms with Crippen molar-refractivity contribution in [2.24, 2.45) is 0 Å². The van der Waals surface area contributed by atoms with Crippen LogP contribution in [0.3, 0.4) is 0 Å². The summed E-state index contributed by atoms with van der Waals surface area (Å²) in [7, 11) is 1.60. The Labute approximate surface area is 271 Å². The number of piperazine rings is 1. The summed E-state index contributed by atoms with van der Waals surface area (Å²) in [6.07, 6.45) is 8.25. The first-order valence-corrected chi connectivity index (χ1v) is 17.4. The van der Waals surface area contributed by atoms with Crippen molar-refractivity contribution in [1.29, 1.82) is 0 Å². The fourth-order valence-corrected chi connectivity index (χ4v) is 9.08. The van der Waals surface area contributed by atoms with E-state index < -0.39 is 0 Å². The number of alkyl carbamates (subject to hydrolysis) is 1. The minimum Gasteiger partial charge on any atom is -0.461 e. The van der Waals surface area contributed by atoms with Crippen molar-refractivity contribution < 1.29 is 14.3 Å². The van der Waals surface area contributed by atoms with Crippen molar-refractivity contribution in [3.63, 3.8) is 0 Å². The number of nitrogens with one attached hydrogen (secondary N) is 2. The highest BCUT2D eigenvalue weighted by Crippen LogP contribution is 2.43. The lowest BCUT2D eigenvalue weighted by atomic mass is 9.95. The molecular weight excluding hydrogens is 578 g/mol. The first kappa shape index (κ1) is 29.8. The van der Waals surface area contributed by atoms with Crippen LogP contribution in [-0.2, 0) is 24.1 Å². The van der Waals surface area contributed by atoms with Crippen LogP contribution in [-0.4, -0.2) is 91.1 Å². The molecule has 6 heterocycles.